The predicted molar refractivity (Wildman–Crippen MR) is 233 cm³/mol. The summed E-state index contributed by atoms with van der Waals surface area (Å²) in [7, 11) is 0. The number of hydrogen-bond acceptors (Lipinski definition) is 8. The lowest BCUT2D eigenvalue weighted by atomic mass is 9.91. The SMILES string of the molecule is Cc1ccc(N(CCC(=O)O)c2nc(-c3ccc(F)cc3)c(C(c3ccc(Cl)cc3)c3sc(N(CCC(=O)O)c4ccc(C)cc4)nc3-c3ccc(Cl)cc3)s2)cc1. The second-order valence-electron chi connectivity index (χ2n) is 13.7. The van der Waals surface area contributed by atoms with Crippen molar-refractivity contribution in [2.45, 2.75) is 32.6 Å². The predicted octanol–water partition coefficient (Wildman–Crippen LogP) is 12.4. The lowest BCUT2D eigenvalue weighted by Gasteiger charge is -2.22. The molecule has 0 bridgehead atoms. The van der Waals surface area contributed by atoms with Gasteiger partial charge in [-0.05, 0) is 92.2 Å². The Morgan fingerprint density at radius 3 is 1.38 bits per heavy atom. The molecule has 0 saturated carbocycles. The number of carbonyl (C=O) groups is 2. The van der Waals surface area contributed by atoms with Gasteiger partial charge in [-0.3, -0.25) is 9.59 Å². The molecule has 0 aliphatic heterocycles. The summed E-state index contributed by atoms with van der Waals surface area (Å²) >= 11 is 15.7. The minimum absolute atomic E-state index is 0.127. The molecule has 2 heterocycles. The molecule has 5 aromatic carbocycles. The lowest BCUT2D eigenvalue weighted by molar-refractivity contribution is -0.137. The fourth-order valence-corrected chi connectivity index (χ4v) is 9.38. The first kappa shape index (κ1) is 40.6. The second kappa shape index (κ2) is 17.9. The molecule has 58 heavy (non-hydrogen) atoms. The van der Waals surface area contributed by atoms with Gasteiger partial charge in [0, 0.05) is 55.4 Å². The molecule has 1 unspecified atom stereocenters. The van der Waals surface area contributed by atoms with Gasteiger partial charge < -0.3 is 20.0 Å². The van der Waals surface area contributed by atoms with Gasteiger partial charge in [0.1, 0.15) is 5.82 Å². The number of thiazole rings is 2. The number of halogens is 3. The minimum Gasteiger partial charge on any atom is -0.481 e. The van der Waals surface area contributed by atoms with E-state index in [1.807, 2.05) is 109 Å². The maximum atomic E-state index is 14.5. The highest BCUT2D eigenvalue weighted by atomic mass is 35.5. The number of aryl methyl sites for hydroxylation is 2. The average Bonchev–Trinajstić information content (AvgIpc) is 3.83. The first-order chi connectivity index (χ1) is 27.9. The van der Waals surface area contributed by atoms with E-state index in [2.05, 4.69) is 0 Å². The van der Waals surface area contributed by atoms with Crippen LogP contribution in [0.5, 0.6) is 0 Å². The van der Waals surface area contributed by atoms with Crippen molar-refractivity contribution < 1.29 is 24.2 Å². The number of benzene rings is 5. The topological polar surface area (TPSA) is 107 Å². The van der Waals surface area contributed by atoms with Crippen molar-refractivity contribution in [1.82, 2.24) is 9.97 Å². The molecule has 2 N–H and O–H groups in total. The van der Waals surface area contributed by atoms with E-state index < -0.39 is 23.7 Å². The van der Waals surface area contributed by atoms with Crippen molar-refractivity contribution in [3.05, 3.63) is 164 Å². The van der Waals surface area contributed by atoms with Gasteiger partial charge in [-0.1, -0.05) is 106 Å². The number of nitrogens with zero attached hydrogens (tertiary/aromatic N) is 4. The molecule has 7 rings (SSSR count). The van der Waals surface area contributed by atoms with E-state index >= 15 is 0 Å². The highest BCUT2D eigenvalue weighted by Gasteiger charge is 2.33. The van der Waals surface area contributed by atoms with E-state index in [1.165, 1.54) is 34.8 Å². The van der Waals surface area contributed by atoms with Crippen molar-refractivity contribution >= 4 is 79.5 Å². The summed E-state index contributed by atoms with van der Waals surface area (Å²) in [5.74, 6) is -2.81. The Morgan fingerprint density at radius 1 is 0.603 bits per heavy atom. The monoisotopic (exact) mass is 850 g/mol. The quantitative estimate of drug-likeness (QED) is 0.105. The van der Waals surface area contributed by atoms with Crippen LogP contribution in [0.1, 0.15) is 45.2 Å². The maximum absolute atomic E-state index is 14.5. The number of aromatic nitrogens is 2. The fourth-order valence-electron chi connectivity index (χ4n) is 6.50. The molecule has 2 aromatic heterocycles. The van der Waals surface area contributed by atoms with Gasteiger partial charge in [0.25, 0.3) is 0 Å². The van der Waals surface area contributed by atoms with Gasteiger partial charge in [0.15, 0.2) is 10.3 Å². The molecule has 0 amide bonds. The van der Waals surface area contributed by atoms with Crippen LogP contribution in [-0.4, -0.2) is 45.2 Å². The summed E-state index contributed by atoms with van der Waals surface area (Å²) in [4.78, 5) is 39.9. The van der Waals surface area contributed by atoms with Gasteiger partial charge in [0.05, 0.1) is 30.1 Å². The molecule has 0 radical (unpaired) electrons. The van der Waals surface area contributed by atoms with E-state index in [0.29, 0.717) is 37.3 Å². The van der Waals surface area contributed by atoms with E-state index in [-0.39, 0.29) is 25.9 Å². The molecule has 0 fully saturated rings. The summed E-state index contributed by atoms with van der Waals surface area (Å²) in [5.41, 5.74) is 7.25. The van der Waals surface area contributed by atoms with Crippen molar-refractivity contribution in [2.75, 3.05) is 22.9 Å². The van der Waals surface area contributed by atoms with Crippen LogP contribution in [0.3, 0.4) is 0 Å². The summed E-state index contributed by atoms with van der Waals surface area (Å²) in [5, 5.41) is 21.8. The van der Waals surface area contributed by atoms with Crippen LogP contribution in [0.15, 0.2) is 121 Å². The summed E-state index contributed by atoms with van der Waals surface area (Å²) in [6.45, 7) is 4.29. The Labute approximate surface area is 353 Å². The first-order valence-corrected chi connectivity index (χ1v) is 20.7. The number of anilines is 4. The standard InChI is InChI=1S/C45H37Cl2FN4O4S2/c1-27-3-19-35(20-4-27)51(25-23-37(53)54)44-49-40(30-9-15-33(47)16-10-30)42(57-44)39(29-7-13-32(46)14-8-29)43-41(31-11-17-34(48)18-12-31)50-45(58-43)52(26-24-38(55)56)36-21-5-28(2)6-22-36/h3-22,39H,23-26H2,1-2H3,(H,53,54)(H,55,56). The van der Waals surface area contributed by atoms with Crippen molar-refractivity contribution in [3.8, 4) is 22.5 Å². The number of rotatable bonds is 15. The molecule has 0 aliphatic carbocycles. The van der Waals surface area contributed by atoms with Crippen LogP contribution in [-0.2, 0) is 9.59 Å². The first-order valence-electron chi connectivity index (χ1n) is 18.3. The zero-order valence-electron chi connectivity index (χ0n) is 31.4. The molecule has 294 valence electrons. The van der Waals surface area contributed by atoms with Crippen molar-refractivity contribution in [1.29, 1.82) is 0 Å². The zero-order chi connectivity index (χ0) is 40.9. The Hall–Kier alpha value is -5.59. The molecule has 8 nitrogen and oxygen atoms in total. The Morgan fingerprint density at radius 2 is 0.983 bits per heavy atom. The Balaban J connectivity index is 1.51. The average molecular weight is 852 g/mol. The summed E-state index contributed by atoms with van der Waals surface area (Å²) < 4.78 is 14.5. The third-order valence-electron chi connectivity index (χ3n) is 9.50. The van der Waals surface area contributed by atoms with E-state index in [9.17, 15) is 24.2 Å². The van der Waals surface area contributed by atoms with Crippen molar-refractivity contribution in [3.63, 3.8) is 0 Å². The Kier molecular flexibility index (Phi) is 12.5. The molecule has 13 heteroatoms. The van der Waals surface area contributed by atoms with Crippen LogP contribution in [0.2, 0.25) is 10.0 Å². The van der Waals surface area contributed by atoms with E-state index in [0.717, 1.165) is 43.4 Å². The maximum Gasteiger partial charge on any atom is 0.305 e. The van der Waals surface area contributed by atoms with E-state index in [1.54, 1.807) is 24.3 Å². The van der Waals surface area contributed by atoms with Gasteiger partial charge >= 0.3 is 11.9 Å². The number of aliphatic carboxylic acids is 2. The molecular formula is C45H37Cl2FN4O4S2. The second-order valence-corrected chi connectivity index (χ2v) is 16.6. The molecule has 7 aromatic rings. The van der Waals surface area contributed by atoms with Gasteiger partial charge in [-0.15, -0.1) is 0 Å². The molecule has 1 atom stereocenters. The summed E-state index contributed by atoms with van der Waals surface area (Å²) in [6, 6.07) is 36.8. The molecule has 0 spiro atoms. The third kappa shape index (κ3) is 9.40. The number of carboxylic acids is 2. The van der Waals surface area contributed by atoms with Crippen LogP contribution >= 0.6 is 45.9 Å². The molecule has 0 aliphatic rings. The molecular weight excluding hydrogens is 815 g/mol. The highest BCUT2D eigenvalue weighted by Crippen LogP contribution is 2.50. The van der Waals surface area contributed by atoms with Crippen LogP contribution in [0, 0.1) is 19.7 Å². The van der Waals surface area contributed by atoms with Crippen LogP contribution in [0.4, 0.5) is 26.0 Å². The van der Waals surface area contributed by atoms with Crippen LogP contribution < -0.4 is 9.80 Å². The van der Waals surface area contributed by atoms with Gasteiger partial charge in [0.2, 0.25) is 0 Å². The summed E-state index contributed by atoms with van der Waals surface area (Å²) in [6.07, 6.45) is -0.267. The third-order valence-corrected chi connectivity index (χ3v) is 12.3. The van der Waals surface area contributed by atoms with E-state index in [4.69, 9.17) is 33.2 Å². The molecule has 0 saturated heterocycles. The fraction of sp³-hybridized carbons (Fsp3) is 0.156. The number of carboxylic acid groups (broad SMARTS) is 2. The largest absolute Gasteiger partial charge is 0.481 e. The lowest BCUT2D eigenvalue weighted by Crippen LogP contribution is -2.20. The van der Waals surface area contributed by atoms with Crippen molar-refractivity contribution in [2.24, 2.45) is 0 Å². The van der Waals surface area contributed by atoms with Crippen LogP contribution in [0.25, 0.3) is 22.5 Å². The zero-order valence-corrected chi connectivity index (χ0v) is 34.5. The van der Waals surface area contributed by atoms with Gasteiger partial charge in [-0.25, -0.2) is 14.4 Å². The van der Waals surface area contributed by atoms with Gasteiger partial charge in [-0.2, -0.15) is 0 Å². The smallest absolute Gasteiger partial charge is 0.305 e. The minimum atomic E-state index is -0.947. The highest BCUT2D eigenvalue weighted by molar-refractivity contribution is 7.18. The normalized spacial score (nSPS) is 11.7. The Bertz CT molecular complexity index is 2370. The number of hydrogen-bond donors (Lipinski definition) is 2.